The molecule has 0 fully saturated rings. The number of aromatic nitrogens is 2. The second-order valence-corrected chi connectivity index (χ2v) is 11.1. The van der Waals surface area contributed by atoms with Crippen LogP contribution in [0.4, 0.5) is 0 Å². The first kappa shape index (κ1) is 12.8. The highest BCUT2D eigenvalue weighted by atomic mass is 32.2. The first-order chi connectivity index (χ1) is 7.03. The molecular formula is C10H20N2OSSi. The van der Waals surface area contributed by atoms with E-state index in [9.17, 15) is 0 Å². The Morgan fingerprint density at radius 1 is 1.47 bits per heavy atom. The van der Waals surface area contributed by atoms with E-state index in [2.05, 4.69) is 24.6 Å². The lowest BCUT2D eigenvalue weighted by molar-refractivity contribution is 0.0814. The average Bonchev–Trinajstić information content (AvgIpc) is 2.58. The molecule has 0 spiro atoms. The number of rotatable bonds is 6. The molecule has 0 radical (unpaired) electrons. The third-order valence-corrected chi connectivity index (χ3v) is 4.50. The number of nitrogens with zero attached hydrogens (tertiary/aromatic N) is 2. The van der Waals surface area contributed by atoms with Gasteiger partial charge in [0.15, 0.2) is 5.16 Å². The molecule has 0 unspecified atom stereocenters. The van der Waals surface area contributed by atoms with E-state index in [1.165, 1.54) is 6.04 Å². The zero-order chi connectivity index (χ0) is 11.3. The van der Waals surface area contributed by atoms with E-state index < -0.39 is 8.07 Å². The van der Waals surface area contributed by atoms with Gasteiger partial charge in [-0.15, -0.1) is 0 Å². The van der Waals surface area contributed by atoms with Crippen molar-refractivity contribution in [1.82, 2.24) is 9.55 Å². The molecule has 0 aromatic carbocycles. The molecule has 1 heterocycles. The Morgan fingerprint density at radius 3 is 2.80 bits per heavy atom. The maximum absolute atomic E-state index is 5.64. The molecule has 0 saturated heterocycles. The van der Waals surface area contributed by atoms with Crippen molar-refractivity contribution in [3.63, 3.8) is 0 Å². The van der Waals surface area contributed by atoms with E-state index in [-0.39, 0.29) is 0 Å². The molecule has 0 bridgehead atoms. The van der Waals surface area contributed by atoms with Gasteiger partial charge in [-0.05, 0) is 12.3 Å². The maximum Gasteiger partial charge on any atom is 0.169 e. The summed E-state index contributed by atoms with van der Waals surface area (Å²) in [4.78, 5) is 4.22. The summed E-state index contributed by atoms with van der Waals surface area (Å²) < 4.78 is 7.68. The fourth-order valence-corrected chi connectivity index (χ4v) is 2.40. The number of ether oxygens (including phenoxy) is 1. The van der Waals surface area contributed by atoms with Gasteiger partial charge in [0.05, 0.1) is 0 Å². The SMILES string of the molecule is CSc1nccn1COCC[Si](C)(C)C. The van der Waals surface area contributed by atoms with Crippen LogP contribution in [0.25, 0.3) is 0 Å². The quantitative estimate of drug-likeness (QED) is 0.437. The summed E-state index contributed by atoms with van der Waals surface area (Å²) in [6, 6.07) is 1.22. The van der Waals surface area contributed by atoms with Gasteiger partial charge < -0.3 is 9.30 Å². The van der Waals surface area contributed by atoms with Gasteiger partial charge in [0.2, 0.25) is 0 Å². The normalized spacial score (nSPS) is 12.0. The number of hydrogen-bond donors (Lipinski definition) is 0. The van der Waals surface area contributed by atoms with Crippen LogP contribution >= 0.6 is 11.8 Å². The largest absolute Gasteiger partial charge is 0.361 e. The van der Waals surface area contributed by atoms with E-state index in [1.54, 1.807) is 11.8 Å². The smallest absolute Gasteiger partial charge is 0.169 e. The van der Waals surface area contributed by atoms with Crippen LogP contribution in [0, 0.1) is 0 Å². The second-order valence-electron chi connectivity index (χ2n) is 4.73. The Morgan fingerprint density at radius 2 is 2.20 bits per heavy atom. The van der Waals surface area contributed by atoms with Gasteiger partial charge in [0.1, 0.15) is 6.73 Å². The summed E-state index contributed by atoms with van der Waals surface area (Å²) in [6.07, 6.45) is 5.80. The molecule has 0 N–H and O–H groups in total. The Hall–Kier alpha value is -0.263. The molecule has 15 heavy (non-hydrogen) atoms. The van der Waals surface area contributed by atoms with Crippen LogP contribution in [0.5, 0.6) is 0 Å². The monoisotopic (exact) mass is 244 g/mol. The summed E-state index contributed by atoms with van der Waals surface area (Å²) in [5.41, 5.74) is 0. The predicted molar refractivity (Wildman–Crippen MR) is 68.1 cm³/mol. The summed E-state index contributed by atoms with van der Waals surface area (Å²) in [5, 5.41) is 1.02. The van der Waals surface area contributed by atoms with Gasteiger partial charge in [-0.1, -0.05) is 31.4 Å². The number of imidazole rings is 1. The minimum absolute atomic E-state index is 0.626. The lowest BCUT2D eigenvalue weighted by Gasteiger charge is -2.15. The zero-order valence-corrected chi connectivity index (χ0v) is 11.8. The molecule has 1 aromatic rings. The fourth-order valence-electron chi connectivity index (χ4n) is 1.12. The van der Waals surface area contributed by atoms with Crippen LogP contribution in [-0.2, 0) is 11.5 Å². The van der Waals surface area contributed by atoms with Crippen molar-refractivity contribution in [3.05, 3.63) is 12.4 Å². The molecule has 1 rings (SSSR count). The highest BCUT2D eigenvalue weighted by Gasteiger charge is 2.12. The van der Waals surface area contributed by atoms with Gasteiger partial charge in [-0.25, -0.2) is 4.98 Å². The van der Waals surface area contributed by atoms with E-state index >= 15 is 0 Å². The van der Waals surface area contributed by atoms with Crippen molar-refractivity contribution < 1.29 is 4.74 Å². The molecule has 5 heteroatoms. The molecule has 0 aliphatic rings. The van der Waals surface area contributed by atoms with Gasteiger partial charge in [0.25, 0.3) is 0 Å². The molecule has 0 aliphatic carbocycles. The molecule has 1 aromatic heterocycles. The lowest BCUT2D eigenvalue weighted by atomic mass is 10.8. The first-order valence-corrected chi connectivity index (χ1v) is 10.1. The van der Waals surface area contributed by atoms with E-state index in [1.807, 2.05) is 23.2 Å². The lowest BCUT2D eigenvalue weighted by Crippen LogP contribution is -2.22. The third kappa shape index (κ3) is 4.86. The summed E-state index contributed by atoms with van der Waals surface area (Å²) in [5.74, 6) is 0. The minimum atomic E-state index is -0.956. The second kappa shape index (κ2) is 5.72. The minimum Gasteiger partial charge on any atom is -0.361 e. The highest BCUT2D eigenvalue weighted by Crippen LogP contribution is 2.12. The van der Waals surface area contributed by atoms with Crippen LogP contribution in [-0.4, -0.2) is 30.5 Å². The summed E-state index contributed by atoms with van der Waals surface area (Å²) in [6.45, 7) is 8.57. The number of thioether (sulfide) groups is 1. The van der Waals surface area contributed by atoms with E-state index in [0.717, 1.165) is 11.8 Å². The van der Waals surface area contributed by atoms with Crippen molar-refractivity contribution in [2.24, 2.45) is 0 Å². The fraction of sp³-hybridized carbons (Fsp3) is 0.700. The Bertz CT molecular complexity index is 296. The van der Waals surface area contributed by atoms with Crippen molar-refractivity contribution in [2.45, 2.75) is 37.6 Å². The molecule has 0 atom stereocenters. The summed E-state index contributed by atoms with van der Waals surface area (Å²) in [7, 11) is -0.956. The highest BCUT2D eigenvalue weighted by molar-refractivity contribution is 7.98. The van der Waals surface area contributed by atoms with Crippen molar-refractivity contribution in [2.75, 3.05) is 12.9 Å². The van der Waals surface area contributed by atoms with Crippen LogP contribution in [0.1, 0.15) is 0 Å². The molecule has 0 amide bonds. The standard InChI is InChI=1S/C10H20N2OSSi/c1-14-10-11-5-6-12(10)9-13-7-8-15(2,3)4/h5-6H,7-9H2,1-4H3. The average molecular weight is 244 g/mol. The van der Waals surface area contributed by atoms with Gasteiger partial charge in [-0.2, -0.15) is 0 Å². The predicted octanol–water partition coefficient (Wildman–Crippen LogP) is 2.92. The van der Waals surface area contributed by atoms with Gasteiger partial charge >= 0.3 is 0 Å². The molecule has 3 nitrogen and oxygen atoms in total. The molecular weight excluding hydrogens is 224 g/mol. The number of hydrogen-bond acceptors (Lipinski definition) is 3. The van der Waals surface area contributed by atoms with Gasteiger partial charge in [-0.3, -0.25) is 0 Å². The van der Waals surface area contributed by atoms with Crippen molar-refractivity contribution in [3.8, 4) is 0 Å². The molecule has 86 valence electrons. The van der Waals surface area contributed by atoms with Crippen LogP contribution in [0.2, 0.25) is 25.7 Å². The molecule has 0 saturated carbocycles. The van der Waals surface area contributed by atoms with Crippen LogP contribution < -0.4 is 0 Å². The van der Waals surface area contributed by atoms with Crippen molar-refractivity contribution >= 4 is 19.8 Å². The Balaban J connectivity index is 2.26. The summed E-state index contributed by atoms with van der Waals surface area (Å²) >= 11 is 1.65. The topological polar surface area (TPSA) is 27.1 Å². The molecule has 0 aliphatic heterocycles. The third-order valence-electron chi connectivity index (χ3n) is 2.09. The van der Waals surface area contributed by atoms with E-state index in [4.69, 9.17) is 4.74 Å². The Labute approximate surface area is 97.2 Å². The maximum atomic E-state index is 5.64. The van der Waals surface area contributed by atoms with Crippen molar-refractivity contribution in [1.29, 1.82) is 0 Å². The first-order valence-electron chi connectivity index (χ1n) is 5.16. The van der Waals surface area contributed by atoms with E-state index in [0.29, 0.717) is 6.73 Å². The zero-order valence-electron chi connectivity index (χ0n) is 9.99. The van der Waals surface area contributed by atoms with Crippen LogP contribution in [0.15, 0.2) is 17.6 Å². The van der Waals surface area contributed by atoms with Crippen LogP contribution in [0.3, 0.4) is 0 Å². The van der Waals surface area contributed by atoms with Gasteiger partial charge in [0, 0.05) is 27.1 Å². The Kier molecular flexibility index (Phi) is 4.88.